The minimum Gasteiger partial charge on any atom is -0.494 e. The first-order valence-electron chi connectivity index (χ1n) is 6.17. The number of hydrogen-bond acceptors (Lipinski definition) is 4. The van der Waals surface area contributed by atoms with Crippen molar-refractivity contribution < 1.29 is 9.53 Å². The Morgan fingerprint density at radius 3 is 2.48 bits per heavy atom. The molecule has 0 aliphatic heterocycles. The van der Waals surface area contributed by atoms with Crippen molar-refractivity contribution in [1.82, 2.24) is 10.3 Å². The minimum atomic E-state index is -0.445. The first-order valence-corrected chi connectivity index (χ1v) is 8.42. The minimum absolute atomic E-state index is 0.117. The maximum Gasteiger partial charge on any atom is 0.257 e. The van der Waals surface area contributed by atoms with Crippen LogP contribution in [0.3, 0.4) is 0 Å². The first kappa shape index (κ1) is 18.2. The zero-order chi connectivity index (χ0) is 17.0. The molecular formula is C14H10Cl2IN3O2S. The number of nitrogens with zero attached hydrogens (tertiary/aromatic N) is 1. The second-order valence-corrected chi connectivity index (χ2v) is 6.71. The number of thiocarbonyl (C=S) groups is 1. The van der Waals surface area contributed by atoms with E-state index in [1.807, 2.05) is 6.07 Å². The largest absolute Gasteiger partial charge is 0.494 e. The molecule has 1 amide bonds. The Hall–Kier alpha value is -1.16. The van der Waals surface area contributed by atoms with E-state index in [1.54, 1.807) is 12.3 Å². The van der Waals surface area contributed by atoms with Crippen molar-refractivity contribution in [3.8, 4) is 5.75 Å². The summed E-state index contributed by atoms with van der Waals surface area (Å²) >= 11 is 19.2. The number of nitrogens with one attached hydrogen (secondary N) is 2. The molecule has 5 nitrogen and oxygen atoms in total. The highest BCUT2D eigenvalue weighted by atomic mass is 127. The van der Waals surface area contributed by atoms with E-state index >= 15 is 0 Å². The van der Waals surface area contributed by atoms with Gasteiger partial charge in [0, 0.05) is 15.3 Å². The van der Waals surface area contributed by atoms with Crippen molar-refractivity contribution in [3.63, 3.8) is 0 Å². The number of hydrogen-bond donors (Lipinski definition) is 2. The monoisotopic (exact) mass is 481 g/mol. The van der Waals surface area contributed by atoms with Gasteiger partial charge in [0.25, 0.3) is 5.91 Å². The Morgan fingerprint density at radius 2 is 1.96 bits per heavy atom. The van der Waals surface area contributed by atoms with Gasteiger partial charge in [-0.1, -0.05) is 23.2 Å². The molecule has 0 fully saturated rings. The molecule has 2 aromatic rings. The quantitative estimate of drug-likeness (QED) is 0.509. The van der Waals surface area contributed by atoms with Crippen molar-refractivity contribution in [2.24, 2.45) is 0 Å². The highest BCUT2D eigenvalue weighted by Crippen LogP contribution is 2.33. The van der Waals surface area contributed by atoms with Gasteiger partial charge in [0.1, 0.15) is 5.82 Å². The number of halogens is 3. The molecule has 0 saturated heterocycles. The first-order chi connectivity index (χ1) is 10.9. The van der Waals surface area contributed by atoms with Gasteiger partial charge in [-0.25, -0.2) is 4.98 Å². The second-order valence-electron chi connectivity index (χ2n) is 4.24. The smallest absolute Gasteiger partial charge is 0.257 e. The highest BCUT2D eigenvalue weighted by molar-refractivity contribution is 14.1. The van der Waals surface area contributed by atoms with Crippen molar-refractivity contribution in [1.29, 1.82) is 0 Å². The summed E-state index contributed by atoms with van der Waals surface area (Å²) in [5, 5.41) is 5.94. The Labute approximate surface area is 161 Å². The SMILES string of the molecule is COc1c(Cl)cc(C(=O)NC(=S)Nc2ccc(I)cn2)cc1Cl. The van der Waals surface area contributed by atoms with E-state index < -0.39 is 5.91 Å². The number of amides is 1. The fourth-order valence-electron chi connectivity index (χ4n) is 1.66. The molecule has 1 heterocycles. The van der Waals surface area contributed by atoms with Gasteiger partial charge in [-0.3, -0.25) is 10.1 Å². The number of ether oxygens (including phenoxy) is 1. The van der Waals surface area contributed by atoms with Gasteiger partial charge in [0.15, 0.2) is 10.9 Å². The topological polar surface area (TPSA) is 63.2 Å². The summed E-state index contributed by atoms with van der Waals surface area (Å²) in [5.74, 6) is 0.398. The molecule has 0 saturated carbocycles. The lowest BCUT2D eigenvalue weighted by Gasteiger charge is -2.11. The van der Waals surface area contributed by atoms with Crippen LogP contribution in [0.1, 0.15) is 10.4 Å². The van der Waals surface area contributed by atoms with Gasteiger partial charge in [0.05, 0.1) is 17.2 Å². The van der Waals surface area contributed by atoms with Crippen LogP contribution in [0, 0.1) is 3.57 Å². The van der Waals surface area contributed by atoms with Gasteiger partial charge in [-0.05, 0) is 59.1 Å². The molecule has 23 heavy (non-hydrogen) atoms. The van der Waals surface area contributed by atoms with Gasteiger partial charge in [0.2, 0.25) is 0 Å². The molecule has 0 bridgehead atoms. The predicted molar refractivity (Wildman–Crippen MR) is 104 cm³/mol. The molecule has 2 N–H and O–H groups in total. The summed E-state index contributed by atoms with van der Waals surface area (Å²) in [7, 11) is 1.44. The van der Waals surface area contributed by atoms with Crippen molar-refractivity contribution in [3.05, 3.63) is 49.6 Å². The zero-order valence-electron chi connectivity index (χ0n) is 11.7. The number of pyridine rings is 1. The fraction of sp³-hybridized carbons (Fsp3) is 0.0714. The predicted octanol–water partition coefficient (Wildman–Crippen LogP) is 4.13. The molecule has 0 atom stereocenters. The average Bonchev–Trinajstić information content (AvgIpc) is 2.49. The van der Waals surface area contributed by atoms with Gasteiger partial charge < -0.3 is 10.1 Å². The maximum absolute atomic E-state index is 12.2. The third-order valence-electron chi connectivity index (χ3n) is 2.66. The second kappa shape index (κ2) is 8.09. The Kier molecular flexibility index (Phi) is 6.40. The van der Waals surface area contributed by atoms with Crippen molar-refractivity contribution in [2.45, 2.75) is 0 Å². The summed E-state index contributed by atoms with van der Waals surface area (Å²) in [6, 6.07) is 6.52. The van der Waals surface area contributed by atoms with E-state index in [2.05, 4.69) is 38.2 Å². The van der Waals surface area contributed by atoms with Crippen LogP contribution in [0.15, 0.2) is 30.5 Å². The lowest BCUT2D eigenvalue weighted by atomic mass is 10.2. The summed E-state index contributed by atoms with van der Waals surface area (Å²) < 4.78 is 6.03. The lowest BCUT2D eigenvalue weighted by molar-refractivity contribution is 0.0977. The van der Waals surface area contributed by atoms with Crippen LogP contribution in [0.25, 0.3) is 0 Å². The van der Waals surface area contributed by atoms with Crippen LogP contribution in [0.5, 0.6) is 5.75 Å². The number of aromatic nitrogens is 1. The molecule has 0 spiro atoms. The van der Waals surface area contributed by atoms with Crippen LogP contribution in [0.4, 0.5) is 5.82 Å². The van der Waals surface area contributed by atoms with Crippen LogP contribution in [0.2, 0.25) is 10.0 Å². The lowest BCUT2D eigenvalue weighted by Crippen LogP contribution is -2.34. The molecule has 2 rings (SSSR count). The number of anilines is 1. The molecule has 1 aromatic carbocycles. The molecule has 1 aromatic heterocycles. The summed E-state index contributed by atoms with van der Waals surface area (Å²) in [6.07, 6.45) is 1.68. The Balaban J connectivity index is 2.06. The molecule has 0 aliphatic rings. The summed E-state index contributed by atoms with van der Waals surface area (Å²) in [6.45, 7) is 0. The Morgan fingerprint density at radius 1 is 1.30 bits per heavy atom. The van der Waals surface area contributed by atoms with E-state index in [1.165, 1.54) is 19.2 Å². The van der Waals surface area contributed by atoms with Crippen LogP contribution in [-0.4, -0.2) is 23.1 Å². The van der Waals surface area contributed by atoms with Gasteiger partial charge >= 0.3 is 0 Å². The number of carbonyl (C=O) groups excluding carboxylic acids is 1. The number of methoxy groups -OCH3 is 1. The maximum atomic E-state index is 12.2. The molecule has 9 heteroatoms. The van der Waals surface area contributed by atoms with Crippen LogP contribution < -0.4 is 15.4 Å². The summed E-state index contributed by atoms with van der Waals surface area (Å²) in [4.78, 5) is 16.3. The number of rotatable bonds is 3. The van der Waals surface area contributed by atoms with E-state index in [9.17, 15) is 4.79 Å². The van der Waals surface area contributed by atoms with E-state index in [0.717, 1.165) is 3.57 Å². The molecule has 120 valence electrons. The van der Waals surface area contributed by atoms with Crippen LogP contribution in [-0.2, 0) is 0 Å². The summed E-state index contributed by atoms with van der Waals surface area (Å²) in [5.41, 5.74) is 0.264. The zero-order valence-corrected chi connectivity index (χ0v) is 16.2. The van der Waals surface area contributed by atoms with Crippen LogP contribution >= 0.6 is 58.0 Å². The van der Waals surface area contributed by atoms with E-state index in [0.29, 0.717) is 11.6 Å². The van der Waals surface area contributed by atoms with Crippen molar-refractivity contribution >= 4 is 74.8 Å². The number of benzene rings is 1. The average molecular weight is 482 g/mol. The van der Waals surface area contributed by atoms with Crippen molar-refractivity contribution in [2.75, 3.05) is 12.4 Å². The molecule has 0 aliphatic carbocycles. The number of carbonyl (C=O) groups is 1. The normalized spacial score (nSPS) is 10.1. The standard InChI is InChI=1S/C14H10Cl2IN3O2S/c1-22-12-9(15)4-7(5-10(12)16)13(21)20-14(23)19-11-3-2-8(17)6-18-11/h2-6H,1H3,(H2,18,19,20,21,23). The van der Waals surface area contributed by atoms with E-state index in [4.69, 9.17) is 40.2 Å². The molecular weight excluding hydrogens is 472 g/mol. The molecule has 0 radical (unpaired) electrons. The Bertz CT molecular complexity index is 733. The molecule has 0 unspecified atom stereocenters. The highest BCUT2D eigenvalue weighted by Gasteiger charge is 2.14. The van der Waals surface area contributed by atoms with Gasteiger partial charge in [-0.15, -0.1) is 0 Å². The third-order valence-corrected chi connectivity index (χ3v) is 4.06. The van der Waals surface area contributed by atoms with E-state index in [-0.39, 0.29) is 20.7 Å². The third kappa shape index (κ3) is 4.90. The van der Waals surface area contributed by atoms with Gasteiger partial charge in [-0.2, -0.15) is 0 Å². The fourth-order valence-corrected chi connectivity index (χ4v) is 2.82.